The van der Waals surface area contributed by atoms with Crippen LogP contribution in [0.3, 0.4) is 0 Å². The van der Waals surface area contributed by atoms with Gasteiger partial charge in [-0.25, -0.2) is 15.0 Å². The van der Waals surface area contributed by atoms with Crippen molar-refractivity contribution in [2.45, 2.75) is 6.92 Å². The van der Waals surface area contributed by atoms with E-state index in [1.54, 1.807) is 33.4 Å². The number of carbonyl (C=O) groups excluding carboxylic acids is 1. The Morgan fingerprint density at radius 3 is 2.56 bits per heavy atom. The van der Waals surface area contributed by atoms with Gasteiger partial charge in [-0.3, -0.25) is 9.69 Å². The Labute approximate surface area is 202 Å². The van der Waals surface area contributed by atoms with E-state index in [4.69, 9.17) is 25.8 Å². The number of halogens is 1. The Morgan fingerprint density at radius 1 is 1.06 bits per heavy atom. The minimum Gasteiger partial charge on any atom is -0.495 e. The zero-order chi connectivity index (χ0) is 24.1. The molecule has 1 aliphatic rings. The zero-order valence-electron chi connectivity index (χ0n) is 19.4. The molecular weight excluding hydrogens is 460 g/mol. The van der Waals surface area contributed by atoms with Crippen LogP contribution in [0.15, 0.2) is 30.7 Å². The van der Waals surface area contributed by atoms with Gasteiger partial charge in [-0.1, -0.05) is 11.6 Å². The van der Waals surface area contributed by atoms with Crippen molar-refractivity contribution in [2.75, 3.05) is 58.9 Å². The van der Waals surface area contributed by atoms with Crippen LogP contribution in [0.25, 0.3) is 10.9 Å². The van der Waals surface area contributed by atoms with Crippen molar-refractivity contribution >= 4 is 39.9 Å². The number of pyridine rings is 1. The summed E-state index contributed by atoms with van der Waals surface area (Å²) in [7, 11) is 3.15. The van der Waals surface area contributed by atoms with Gasteiger partial charge in [0.1, 0.15) is 24.5 Å². The van der Waals surface area contributed by atoms with Crippen LogP contribution in [-0.2, 0) is 4.79 Å². The first-order valence-electron chi connectivity index (χ1n) is 10.9. The normalized spacial score (nSPS) is 14.2. The SMILES string of the molecule is COc1cnc(Cl)c(Nc2ncnc3cc(OCCN4CCN(C(C)=O)CC4)c(OC)cc23)c1. The highest BCUT2D eigenvalue weighted by molar-refractivity contribution is 6.32. The summed E-state index contributed by atoms with van der Waals surface area (Å²) in [5.74, 6) is 2.42. The Morgan fingerprint density at radius 2 is 1.85 bits per heavy atom. The zero-order valence-corrected chi connectivity index (χ0v) is 20.1. The van der Waals surface area contributed by atoms with Crippen LogP contribution < -0.4 is 19.5 Å². The highest BCUT2D eigenvalue weighted by Crippen LogP contribution is 2.36. The van der Waals surface area contributed by atoms with Gasteiger partial charge in [-0.05, 0) is 6.07 Å². The number of benzene rings is 1. The summed E-state index contributed by atoms with van der Waals surface area (Å²) in [4.78, 5) is 28.5. The molecule has 0 atom stereocenters. The van der Waals surface area contributed by atoms with Crippen molar-refractivity contribution in [1.29, 1.82) is 0 Å². The lowest BCUT2D eigenvalue weighted by molar-refractivity contribution is -0.130. The van der Waals surface area contributed by atoms with Crippen LogP contribution in [0, 0.1) is 0 Å². The molecule has 0 saturated carbocycles. The van der Waals surface area contributed by atoms with Gasteiger partial charge in [-0.15, -0.1) is 0 Å². The molecule has 1 amide bonds. The molecular formula is C23H27ClN6O4. The van der Waals surface area contributed by atoms with Gasteiger partial charge in [0.2, 0.25) is 5.91 Å². The van der Waals surface area contributed by atoms with Gasteiger partial charge in [0, 0.05) is 57.2 Å². The van der Waals surface area contributed by atoms with Crippen LogP contribution in [0.5, 0.6) is 17.2 Å². The number of nitrogens with one attached hydrogen (secondary N) is 1. The molecule has 0 unspecified atom stereocenters. The number of anilines is 2. The Balaban J connectivity index is 1.48. The first-order chi connectivity index (χ1) is 16.5. The van der Waals surface area contributed by atoms with Crippen molar-refractivity contribution in [1.82, 2.24) is 24.8 Å². The predicted molar refractivity (Wildman–Crippen MR) is 129 cm³/mol. The third-order valence-electron chi connectivity index (χ3n) is 5.71. The van der Waals surface area contributed by atoms with Gasteiger partial charge in [0.25, 0.3) is 0 Å². The summed E-state index contributed by atoms with van der Waals surface area (Å²) in [5, 5.41) is 4.24. The summed E-state index contributed by atoms with van der Waals surface area (Å²) in [6.45, 7) is 6.01. The largest absolute Gasteiger partial charge is 0.495 e. The van der Waals surface area contributed by atoms with Crippen molar-refractivity contribution in [3.05, 3.63) is 35.9 Å². The van der Waals surface area contributed by atoms with E-state index in [1.807, 2.05) is 17.0 Å². The molecule has 4 rings (SSSR count). The number of hydrogen-bond acceptors (Lipinski definition) is 9. The van der Waals surface area contributed by atoms with Crippen LogP contribution in [0.4, 0.5) is 11.5 Å². The monoisotopic (exact) mass is 486 g/mol. The second-order valence-electron chi connectivity index (χ2n) is 7.78. The van der Waals surface area contributed by atoms with Crippen LogP contribution in [0.2, 0.25) is 5.15 Å². The fraction of sp³-hybridized carbons (Fsp3) is 0.391. The second-order valence-corrected chi connectivity index (χ2v) is 8.14. The number of hydrogen-bond donors (Lipinski definition) is 1. The summed E-state index contributed by atoms with van der Waals surface area (Å²) < 4.78 is 16.9. The van der Waals surface area contributed by atoms with E-state index < -0.39 is 0 Å². The van der Waals surface area contributed by atoms with Crippen molar-refractivity contribution in [2.24, 2.45) is 0 Å². The molecule has 1 N–H and O–H groups in total. The smallest absolute Gasteiger partial charge is 0.219 e. The molecule has 34 heavy (non-hydrogen) atoms. The molecule has 1 saturated heterocycles. The predicted octanol–water partition coefficient (Wildman–Crippen LogP) is 2.98. The van der Waals surface area contributed by atoms with E-state index in [0.717, 1.165) is 38.1 Å². The number of ether oxygens (including phenoxy) is 3. The highest BCUT2D eigenvalue weighted by Gasteiger charge is 2.19. The molecule has 3 aromatic rings. The molecule has 180 valence electrons. The number of rotatable bonds is 8. The number of aromatic nitrogens is 3. The molecule has 1 aromatic carbocycles. The topological polar surface area (TPSA) is 102 Å². The Bertz CT molecular complexity index is 1170. The lowest BCUT2D eigenvalue weighted by Crippen LogP contribution is -2.48. The minimum absolute atomic E-state index is 0.123. The van der Waals surface area contributed by atoms with Gasteiger partial charge in [-0.2, -0.15) is 0 Å². The quantitative estimate of drug-likeness (QED) is 0.481. The van der Waals surface area contributed by atoms with Gasteiger partial charge < -0.3 is 24.4 Å². The van der Waals surface area contributed by atoms with Crippen LogP contribution >= 0.6 is 11.6 Å². The maximum atomic E-state index is 11.5. The number of piperazine rings is 1. The van der Waals surface area contributed by atoms with E-state index in [-0.39, 0.29) is 5.91 Å². The maximum absolute atomic E-state index is 11.5. The molecule has 2 aromatic heterocycles. The first kappa shape index (κ1) is 23.8. The first-order valence-corrected chi connectivity index (χ1v) is 11.3. The van der Waals surface area contributed by atoms with E-state index in [9.17, 15) is 4.79 Å². The average molecular weight is 487 g/mol. The average Bonchev–Trinajstić information content (AvgIpc) is 2.85. The molecule has 11 heteroatoms. The number of methoxy groups -OCH3 is 2. The number of fused-ring (bicyclic) bond motifs is 1. The molecule has 1 fully saturated rings. The van der Waals surface area contributed by atoms with Crippen molar-refractivity contribution < 1.29 is 19.0 Å². The van der Waals surface area contributed by atoms with E-state index in [1.165, 1.54) is 6.33 Å². The molecule has 0 radical (unpaired) electrons. The third kappa shape index (κ3) is 5.40. The lowest BCUT2D eigenvalue weighted by atomic mass is 10.2. The van der Waals surface area contributed by atoms with E-state index in [2.05, 4.69) is 25.2 Å². The van der Waals surface area contributed by atoms with Gasteiger partial charge >= 0.3 is 0 Å². The summed E-state index contributed by atoms with van der Waals surface area (Å²) in [6.07, 6.45) is 3.01. The Kier molecular flexibility index (Phi) is 7.49. The van der Waals surface area contributed by atoms with Crippen molar-refractivity contribution in [3.63, 3.8) is 0 Å². The number of carbonyl (C=O) groups is 1. The summed E-state index contributed by atoms with van der Waals surface area (Å²) in [5.41, 5.74) is 1.25. The third-order valence-corrected chi connectivity index (χ3v) is 6.01. The molecule has 10 nitrogen and oxygen atoms in total. The fourth-order valence-corrected chi connectivity index (χ4v) is 3.91. The fourth-order valence-electron chi connectivity index (χ4n) is 3.76. The number of amides is 1. The molecule has 1 aliphatic heterocycles. The summed E-state index contributed by atoms with van der Waals surface area (Å²) >= 11 is 6.24. The number of nitrogens with zero attached hydrogens (tertiary/aromatic N) is 5. The maximum Gasteiger partial charge on any atom is 0.219 e. The standard InChI is InChI=1S/C23H27ClN6O4/c1-15(31)30-6-4-29(5-7-30)8-9-34-21-12-18-17(11-20(21)33-3)23(27-14-26-18)28-19-10-16(32-2)13-25-22(19)24/h10-14H,4-9H2,1-3H3,(H,26,27,28). The highest BCUT2D eigenvalue weighted by atomic mass is 35.5. The van der Waals surface area contributed by atoms with E-state index in [0.29, 0.717) is 46.0 Å². The molecule has 0 spiro atoms. The Hall–Kier alpha value is -3.37. The van der Waals surface area contributed by atoms with Crippen LogP contribution in [-0.4, -0.2) is 84.2 Å². The van der Waals surface area contributed by atoms with Gasteiger partial charge in [0.15, 0.2) is 16.7 Å². The summed E-state index contributed by atoms with van der Waals surface area (Å²) in [6, 6.07) is 5.41. The molecule has 0 aliphatic carbocycles. The minimum atomic E-state index is 0.123. The lowest BCUT2D eigenvalue weighted by Gasteiger charge is -2.34. The molecule has 0 bridgehead atoms. The van der Waals surface area contributed by atoms with E-state index >= 15 is 0 Å². The second kappa shape index (κ2) is 10.7. The van der Waals surface area contributed by atoms with Crippen molar-refractivity contribution in [3.8, 4) is 17.2 Å². The van der Waals surface area contributed by atoms with Crippen LogP contribution in [0.1, 0.15) is 6.92 Å². The molecule has 3 heterocycles. The van der Waals surface area contributed by atoms with Gasteiger partial charge in [0.05, 0.1) is 31.6 Å².